The summed E-state index contributed by atoms with van der Waals surface area (Å²) in [6.45, 7) is 3.73. The first-order chi connectivity index (χ1) is 7.95. The van der Waals surface area contributed by atoms with E-state index in [4.69, 9.17) is 0 Å². The predicted octanol–water partition coefficient (Wildman–Crippen LogP) is 0.574. The first kappa shape index (κ1) is 14.4. The number of nitrogens with one attached hydrogen (secondary N) is 1. The molecule has 0 aromatic heterocycles. The van der Waals surface area contributed by atoms with Crippen LogP contribution in [0.3, 0.4) is 0 Å². The monoisotopic (exact) mass is 262 g/mol. The van der Waals surface area contributed by atoms with Gasteiger partial charge in [-0.1, -0.05) is 13.3 Å². The second-order valence-electron chi connectivity index (χ2n) is 4.58. The van der Waals surface area contributed by atoms with E-state index in [0.29, 0.717) is 25.9 Å². The largest absolute Gasteiger partial charge is 0.356 e. The van der Waals surface area contributed by atoms with Crippen LogP contribution in [0.5, 0.6) is 0 Å². The van der Waals surface area contributed by atoms with E-state index >= 15 is 0 Å². The highest BCUT2D eigenvalue weighted by Crippen LogP contribution is 2.19. The molecule has 1 aliphatic heterocycles. The minimum atomic E-state index is -3.09. The summed E-state index contributed by atoms with van der Waals surface area (Å²) >= 11 is 0. The topological polar surface area (TPSA) is 66.5 Å². The molecule has 6 heteroatoms. The number of rotatable bonds is 5. The van der Waals surface area contributed by atoms with Crippen LogP contribution in [0.15, 0.2) is 0 Å². The van der Waals surface area contributed by atoms with Crippen molar-refractivity contribution in [1.82, 2.24) is 9.62 Å². The normalized spacial score (nSPS) is 19.2. The van der Waals surface area contributed by atoms with E-state index in [1.54, 1.807) is 0 Å². The second-order valence-corrected chi connectivity index (χ2v) is 6.56. The third-order valence-electron chi connectivity index (χ3n) is 3.12. The maximum Gasteiger partial charge on any atom is 0.223 e. The molecule has 0 saturated carbocycles. The van der Waals surface area contributed by atoms with Crippen molar-refractivity contribution in [3.05, 3.63) is 0 Å². The van der Waals surface area contributed by atoms with Crippen LogP contribution in [0, 0.1) is 5.92 Å². The number of carbonyl (C=O) groups excluding carboxylic acids is 1. The fraction of sp³-hybridized carbons (Fsp3) is 0.909. The molecule has 0 aromatic rings. The van der Waals surface area contributed by atoms with E-state index in [1.807, 2.05) is 0 Å². The molecule has 0 aliphatic carbocycles. The number of piperidine rings is 1. The van der Waals surface area contributed by atoms with Crippen LogP contribution >= 0.6 is 0 Å². The number of amides is 1. The van der Waals surface area contributed by atoms with E-state index in [9.17, 15) is 13.2 Å². The Kier molecular flexibility index (Phi) is 5.39. The zero-order chi connectivity index (χ0) is 12.9. The highest BCUT2D eigenvalue weighted by atomic mass is 32.2. The molecule has 5 nitrogen and oxygen atoms in total. The van der Waals surface area contributed by atoms with Crippen LogP contribution in [0.2, 0.25) is 0 Å². The molecule has 17 heavy (non-hydrogen) atoms. The maximum atomic E-state index is 11.8. The molecule has 0 atom stereocenters. The quantitative estimate of drug-likeness (QED) is 0.737. The second kappa shape index (κ2) is 6.35. The van der Waals surface area contributed by atoms with Crippen molar-refractivity contribution in [3.8, 4) is 0 Å². The smallest absolute Gasteiger partial charge is 0.223 e. The van der Waals surface area contributed by atoms with Crippen LogP contribution in [0.4, 0.5) is 0 Å². The lowest BCUT2D eigenvalue weighted by atomic mass is 9.97. The Morgan fingerprint density at radius 3 is 2.41 bits per heavy atom. The van der Waals surface area contributed by atoms with Gasteiger partial charge in [-0.05, 0) is 19.3 Å². The summed E-state index contributed by atoms with van der Waals surface area (Å²) in [6.07, 6.45) is 4.53. The van der Waals surface area contributed by atoms with Gasteiger partial charge in [0, 0.05) is 25.6 Å². The highest BCUT2D eigenvalue weighted by Gasteiger charge is 2.28. The zero-order valence-electron chi connectivity index (χ0n) is 10.6. The highest BCUT2D eigenvalue weighted by molar-refractivity contribution is 7.88. The molecule has 0 spiro atoms. The summed E-state index contributed by atoms with van der Waals surface area (Å²) in [7, 11) is -3.09. The van der Waals surface area contributed by atoms with Crippen molar-refractivity contribution in [1.29, 1.82) is 0 Å². The molecule has 0 unspecified atom stereocenters. The maximum absolute atomic E-state index is 11.8. The molecular weight excluding hydrogens is 240 g/mol. The minimum Gasteiger partial charge on any atom is -0.356 e. The summed E-state index contributed by atoms with van der Waals surface area (Å²) in [5.74, 6) is 0.0523. The van der Waals surface area contributed by atoms with Crippen LogP contribution in [-0.4, -0.2) is 44.5 Å². The third kappa shape index (κ3) is 4.63. The van der Waals surface area contributed by atoms with Gasteiger partial charge in [-0.15, -0.1) is 0 Å². The van der Waals surface area contributed by atoms with Gasteiger partial charge < -0.3 is 5.32 Å². The Morgan fingerprint density at radius 1 is 1.35 bits per heavy atom. The van der Waals surface area contributed by atoms with Gasteiger partial charge in [0.05, 0.1) is 6.26 Å². The van der Waals surface area contributed by atoms with Crippen LogP contribution in [-0.2, 0) is 14.8 Å². The number of hydrogen-bond donors (Lipinski definition) is 1. The molecule has 1 rings (SSSR count). The molecule has 1 N–H and O–H groups in total. The Morgan fingerprint density at radius 2 is 1.94 bits per heavy atom. The average molecular weight is 262 g/mol. The van der Waals surface area contributed by atoms with Gasteiger partial charge in [0.25, 0.3) is 0 Å². The van der Waals surface area contributed by atoms with Gasteiger partial charge in [0.15, 0.2) is 0 Å². The molecular formula is C11H22N2O3S. The number of unbranched alkanes of at least 4 members (excludes halogenated alkanes) is 1. The zero-order valence-corrected chi connectivity index (χ0v) is 11.4. The first-order valence-corrected chi connectivity index (χ1v) is 8.02. The van der Waals surface area contributed by atoms with E-state index in [1.165, 1.54) is 10.6 Å². The van der Waals surface area contributed by atoms with Gasteiger partial charge in [-0.25, -0.2) is 12.7 Å². The molecule has 0 aromatic carbocycles. The van der Waals surface area contributed by atoms with Crippen molar-refractivity contribution in [2.24, 2.45) is 5.92 Å². The van der Waals surface area contributed by atoms with Crippen molar-refractivity contribution in [3.63, 3.8) is 0 Å². The van der Waals surface area contributed by atoms with E-state index in [2.05, 4.69) is 12.2 Å². The van der Waals surface area contributed by atoms with Gasteiger partial charge in [-0.3, -0.25) is 4.79 Å². The molecule has 1 amide bonds. The summed E-state index contributed by atoms with van der Waals surface area (Å²) in [4.78, 5) is 11.8. The molecule has 1 heterocycles. The molecule has 1 fully saturated rings. The van der Waals surface area contributed by atoms with Gasteiger partial charge >= 0.3 is 0 Å². The van der Waals surface area contributed by atoms with E-state index in [0.717, 1.165) is 19.4 Å². The average Bonchev–Trinajstić information content (AvgIpc) is 2.28. The Labute approximate surface area is 104 Å². The standard InChI is InChI=1S/C11H22N2O3S/c1-3-4-7-12-11(14)10-5-8-13(9-6-10)17(2,15)16/h10H,3-9H2,1-2H3,(H,12,14). The molecule has 0 bridgehead atoms. The van der Waals surface area contributed by atoms with Crippen molar-refractivity contribution < 1.29 is 13.2 Å². The molecule has 0 radical (unpaired) electrons. The lowest BCUT2D eigenvalue weighted by molar-refractivity contribution is -0.126. The van der Waals surface area contributed by atoms with Crippen molar-refractivity contribution >= 4 is 15.9 Å². The third-order valence-corrected chi connectivity index (χ3v) is 4.43. The molecule has 1 saturated heterocycles. The first-order valence-electron chi connectivity index (χ1n) is 6.18. The van der Waals surface area contributed by atoms with Crippen LogP contribution in [0.25, 0.3) is 0 Å². The fourth-order valence-corrected chi connectivity index (χ4v) is 2.86. The summed E-state index contributed by atoms with van der Waals surface area (Å²) in [5, 5.41) is 2.90. The number of nitrogens with zero attached hydrogens (tertiary/aromatic N) is 1. The summed E-state index contributed by atoms with van der Waals surface area (Å²) in [5.41, 5.74) is 0. The minimum absolute atomic E-state index is 0.0233. The van der Waals surface area contributed by atoms with Crippen LogP contribution in [0.1, 0.15) is 32.6 Å². The van der Waals surface area contributed by atoms with Crippen molar-refractivity contribution in [2.75, 3.05) is 25.9 Å². The Bertz CT molecular complexity index is 346. The van der Waals surface area contributed by atoms with Gasteiger partial charge in [0.1, 0.15) is 0 Å². The predicted molar refractivity (Wildman–Crippen MR) is 67.1 cm³/mol. The Hall–Kier alpha value is -0.620. The lowest BCUT2D eigenvalue weighted by Crippen LogP contribution is -2.42. The summed E-state index contributed by atoms with van der Waals surface area (Å²) < 4.78 is 24.0. The SMILES string of the molecule is CCCCNC(=O)C1CCN(S(C)(=O)=O)CC1. The van der Waals surface area contributed by atoms with Crippen molar-refractivity contribution in [2.45, 2.75) is 32.6 Å². The van der Waals surface area contributed by atoms with Gasteiger partial charge in [0.2, 0.25) is 15.9 Å². The number of sulfonamides is 1. The number of hydrogen-bond acceptors (Lipinski definition) is 3. The summed E-state index contributed by atoms with van der Waals surface area (Å²) in [6, 6.07) is 0. The fourth-order valence-electron chi connectivity index (χ4n) is 1.98. The van der Waals surface area contributed by atoms with Crippen LogP contribution < -0.4 is 5.32 Å². The van der Waals surface area contributed by atoms with E-state index < -0.39 is 10.0 Å². The van der Waals surface area contributed by atoms with Gasteiger partial charge in [-0.2, -0.15) is 0 Å². The Balaban J connectivity index is 2.34. The van der Waals surface area contributed by atoms with E-state index in [-0.39, 0.29) is 11.8 Å². The number of carbonyl (C=O) groups is 1. The lowest BCUT2D eigenvalue weighted by Gasteiger charge is -2.29. The molecule has 100 valence electrons. The molecule has 1 aliphatic rings.